The molecule has 8 nitrogen and oxygen atoms in total. The topological polar surface area (TPSA) is 91.4 Å². The summed E-state index contributed by atoms with van der Waals surface area (Å²) in [7, 11) is 1.63. The molecule has 1 amide bonds. The van der Waals surface area contributed by atoms with Gasteiger partial charge in [-0.25, -0.2) is 9.07 Å². The maximum atomic E-state index is 13.2. The molecule has 0 radical (unpaired) electrons. The molecule has 3 aromatic carbocycles. The van der Waals surface area contributed by atoms with Gasteiger partial charge in [0.2, 0.25) is 5.82 Å². The van der Waals surface area contributed by atoms with Crippen molar-refractivity contribution in [3.63, 3.8) is 0 Å². The molecule has 0 saturated heterocycles. The number of aromatic nitrogens is 3. The van der Waals surface area contributed by atoms with E-state index in [9.17, 15) is 9.18 Å². The van der Waals surface area contributed by atoms with Gasteiger partial charge in [-0.15, -0.1) is 5.10 Å². The van der Waals surface area contributed by atoms with Gasteiger partial charge in [0.15, 0.2) is 5.76 Å². The van der Waals surface area contributed by atoms with E-state index in [2.05, 4.69) is 15.4 Å². The number of methoxy groups -OCH3 is 1. The quantitative estimate of drug-likeness (QED) is 0.287. The molecule has 2 aromatic heterocycles. The molecule has 5 aromatic rings. The first kappa shape index (κ1) is 23.8. The Labute approximate surface area is 212 Å². The normalized spacial score (nSPS) is 10.8. The summed E-state index contributed by atoms with van der Waals surface area (Å²) in [4.78, 5) is 17.1. The zero-order valence-corrected chi connectivity index (χ0v) is 19.9. The molecule has 5 rings (SSSR count). The van der Waals surface area contributed by atoms with Crippen molar-refractivity contribution in [2.75, 3.05) is 19.0 Å². The molecule has 0 atom stereocenters. The van der Waals surface area contributed by atoms with E-state index in [1.807, 2.05) is 30.3 Å². The minimum Gasteiger partial charge on any atom is -0.497 e. The number of furan rings is 1. The van der Waals surface area contributed by atoms with Crippen molar-refractivity contribution < 1.29 is 23.1 Å². The van der Waals surface area contributed by atoms with Gasteiger partial charge in [0.1, 0.15) is 11.6 Å². The van der Waals surface area contributed by atoms with E-state index in [-0.39, 0.29) is 11.9 Å². The van der Waals surface area contributed by atoms with Crippen LogP contribution in [0.5, 0.6) is 11.8 Å². The lowest BCUT2D eigenvalue weighted by atomic mass is 10.1. The summed E-state index contributed by atoms with van der Waals surface area (Å²) in [6.07, 6.45) is 2.22. The number of nitrogens with zero attached hydrogens (tertiary/aromatic N) is 3. The van der Waals surface area contributed by atoms with Gasteiger partial charge in [0, 0.05) is 17.7 Å². The van der Waals surface area contributed by atoms with Crippen LogP contribution in [0.25, 0.3) is 17.3 Å². The molecule has 186 valence electrons. The highest BCUT2D eigenvalue weighted by atomic mass is 19.1. The van der Waals surface area contributed by atoms with Crippen LogP contribution in [0.2, 0.25) is 0 Å². The maximum absolute atomic E-state index is 13.2. The highest BCUT2D eigenvalue weighted by Crippen LogP contribution is 2.25. The van der Waals surface area contributed by atoms with Crippen LogP contribution in [0.3, 0.4) is 0 Å². The van der Waals surface area contributed by atoms with Crippen LogP contribution in [-0.4, -0.2) is 34.4 Å². The zero-order chi connectivity index (χ0) is 25.6. The summed E-state index contributed by atoms with van der Waals surface area (Å²) in [5.41, 5.74) is 2.61. The SMILES string of the molecule is COc1ccc(CCOc2nc(-c3ccco3)n(-c3cccc(NC(=O)c4ccc(F)cc4)c3)n2)cc1. The number of hydrogen-bond acceptors (Lipinski definition) is 6. The number of anilines is 1. The predicted molar refractivity (Wildman–Crippen MR) is 136 cm³/mol. The van der Waals surface area contributed by atoms with E-state index in [4.69, 9.17) is 13.9 Å². The number of ether oxygens (including phenoxy) is 2. The second kappa shape index (κ2) is 10.8. The van der Waals surface area contributed by atoms with Gasteiger partial charge in [0.25, 0.3) is 5.91 Å². The van der Waals surface area contributed by atoms with Crippen LogP contribution in [0.1, 0.15) is 15.9 Å². The Kier molecular flexibility index (Phi) is 6.93. The van der Waals surface area contributed by atoms with Crippen LogP contribution in [0.15, 0.2) is 95.6 Å². The molecule has 0 spiro atoms. The Morgan fingerprint density at radius 2 is 1.84 bits per heavy atom. The van der Waals surface area contributed by atoms with E-state index >= 15 is 0 Å². The highest BCUT2D eigenvalue weighted by molar-refractivity contribution is 6.04. The Morgan fingerprint density at radius 1 is 1.03 bits per heavy atom. The molecule has 0 aliphatic carbocycles. The molecule has 2 heterocycles. The Morgan fingerprint density at radius 3 is 2.57 bits per heavy atom. The van der Waals surface area contributed by atoms with Gasteiger partial charge < -0.3 is 19.2 Å². The lowest BCUT2D eigenvalue weighted by Gasteiger charge is -2.09. The smallest absolute Gasteiger partial charge is 0.336 e. The van der Waals surface area contributed by atoms with Gasteiger partial charge in [0.05, 0.1) is 25.7 Å². The summed E-state index contributed by atoms with van der Waals surface area (Å²) in [6, 6.07) is 24.0. The third-order valence-electron chi connectivity index (χ3n) is 5.57. The lowest BCUT2D eigenvalue weighted by molar-refractivity contribution is 0.102. The van der Waals surface area contributed by atoms with Gasteiger partial charge >= 0.3 is 6.01 Å². The molecule has 1 N–H and O–H groups in total. The fraction of sp³-hybridized carbons (Fsp3) is 0.107. The average Bonchev–Trinajstić information content (AvgIpc) is 3.60. The third-order valence-corrected chi connectivity index (χ3v) is 5.57. The number of amides is 1. The maximum Gasteiger partial charge on any atom is 0.336 e. The Balaban J connectivity index is 1.35. The lowest BCUT2D eigenvalue weighted by Crippen LogP contribution is -2.12. The van der Waals surface area contributed by atoms with Crippen molar-refractivity contribution in [1.29, 1.82) is 0 Å². The Hall–Kier alpha value is -4.92. The standard InChI is InChI=1S/C28H23FN4O4/c1-35-24-13-7-19(8-14-24)15-17-37-28-31-26(25-6-3-16-36-25)33(32-28)23-5-2-4-22(18-23)30-27(34)20-9-11-21(29)12-10-20/h2-14,16,18H,15,17H2,1H3,(H,30,34). The van der Waals surface area contributed by atoms with E-state index in [1.165, 1.54) is 24.3 Å². The van der Waals surface area contributed by atoms with Crippen molar-refractivity contribution in [3.8, 4) is 29.0 Å². The largest absolute Gasteiger partial charge is 0.497 e. The molecule has 0 saturated carbocycles. The first-order valence-corrected chi connectivity index (χ1v) is 11.5. The van der Waals surface area contributed by atoms with Gasteiger partial charge in [-0.05, 0) is 72.3 Å². The molecule has 0 fully saturated rings. The molecule has 0 aliphatic rings. The summed E-state index contributed by atoms with van der Waals surface area (Å²) >= 11 is 0. The number of nitrogens with one attached hydrogen (secondary N) is 1. The van der Waals surface area contributed by atoms with Crippen molar-refractivity contribution >= 4 is 11.6 Å². The van der Waals surface area contributed by atoms with Crippen molar-refractivity contribution in [1.82, 2.24) is 14.8 Å². The Bertz CT molecular complexity index is 1480. The molecule has 0 unspecified atom stereocenters. The first-order valence-electron chi connectivity index (χ1n) is 11.5. The summed E-state index contributed by atoms with van der Waals surface area (Å²) in [5, 5.41) is 7.36. The van der Waals surface area contributed by atoms with Crippen LogP contribution < -0.4 is 14.8 Å². The fourth-order valence-electron chi connectivity index (χ4n) is 3.67. The van der Waals surface area contributed by atoms with Crippen LogP contribution >= 0.6 is 0 Å². The van der Waals surface area contributed by atoms with Crippen LogP contribution in [-0.2, 0) is 6.42 Å². The van der Waals surface area contributed by atoms with E-state index in [0.29, 0.717) is 41.6 Å². The molecular weight excluding hydrogens is 475 g/mol. The fourth-order valence-corrected chi connectivity index (χ4v) is 3.67. The van der Waals surface area contributed by atoms with Crippen molar-refractivity contribution in [2.24, 2.45) is 0 Å². The van der Waals surface area contributed by atoms with Gasteiger partial charge in [-0.3, -0.25) is 4.79 Å². The highest BCUT2D eigenvalue weighted by Gasteiger charge is 2.17. The third kappa shape index (κ3) is 5.67. The van der Waals surface area contributed by atoms with E-state index in [0.717, 1.165) is 11.3 Å². The minimum atomic E-state index is -0.405. The molecule has 0 bridgehead atoms. The number of rotatable bonds is 9. The van der Waals surface area contributed by atoms with Crippen molar-refractivity contribution in [2.45, 2.75) is 6.42 Å². The van der Waals surface area contributed by atoms with Gasteiger partial charge in [-0.1, -0.05) is 18.2 Å². The predicted octanol–water partition coefficient (Wildman–Crippen LogP) is 5.55. The first-order chi connectivity index (χ1) is 18.1. The number of hydrogen-bond donors (Lipinski definition) is 1. The number of carbonyl (C=O) groups is 1. The zero-order valence-electron chi connectivity index (χ0n) is 19.9. The second-order valence-electron chi connectivity index (χ2n) is 8.06. The monoisotopic (exact) mass is 498 g/mol. The summed E-state index contributed by atoms with van der Waals surface area (Å²) in [5.74, 6) is 0.996. The summed E-state index contributed by atoms with van der Waals surface area (Å²) in [6.45, 7) is 0.377. The number of halogens is 1. The average molecular weight is 499 g/mol. The molecule has 37 heavy (non-hydrogen) atoms. The summed E-state index contributed by atoms with van der Waals surface area (Å²) < 4.78 is 31.4. The molecule has 0 aliphatic heterocycles. The van der Waals surface area contributed by atoms with Gasteiger partial charge in [-0.2, -0.15) is 4.98 Å². The van der Waals surface area contributed by atoms with E-state index in [1.54, 1.807) is 48.4 Å². The molecular formula is C28H23FN4O4. The minimum absolute atomic E-state index is 0.195. The van der Waals surface area contributed by atoms with Crippen molar-refractivity contribution in [3.05, 3.63) is 108 Å². The number of benzene rings is 3. The van der Waals surface area contributed by atoms with E-state index < -0.39 is 5.82 Å². The van der Waals surface area contributed by atoms with Crippen LogP contribution in [0, 0.1) is 5.82 Å². The second-order valence-corrected chi connectivity index (χ2v) is 8.06. The number of carbonyl (C=O) groups excluding carboxylic acids is 1. The molecule has 9 heteroatoms. The van der Waals surface area contributed by atoms with Crippen LogP contribution in [0.4, 0.5) is 10.1 Å².